The highest BCUT2D eigenvalue weighted by Gasteiger charge is 2.22. The van der Waals surface area contributed by atoms with Gasteiger partial charge in [0.1, 0.15) is 17.9 Å². The molecular formula is C21H24N6O. The van der Waals surface area contributed by atoms with Crippen LogP contribution in [0.2, 0.25) is 0 Å². The van der Waals surface area contributed by atoms with E-state index in [0.717, 1.165) is 49.6 Å². The lowest BCUT2D eigenvalue weighted by molar-refractivity contribution is 0.461. The number of rotatable bonds is 6. The van der Waals surface area contributed by atoms with Crippen molar-refractivity contribution in [3.8, 4) is 11.6 Å². The normalized spacial score (nSPS) is 16.6. The SMILES string of the molecule is CCc1cc(N2CCCC(Nc3nccc(Oc4ccccc4)n3)C2)ncn1. The number of nitrogens with one attached hydrogen (secondary N) is 1. The van der Waals surface area contributed by atoms with Gasteiger partial charge in [0.2, 0.25) is 11.8 Å². The van der Waals surface area contributed by atoms with Gasteiger partial charge in [0.15, 0.2) is 0 Å². The first-order valence-electron chi connectivity index (χ1n) is 9.68. The van der Waals surface area contributed by atoms with Gasteiger partial charge < -0.3 is 15.0 Å². The first-order valence-corrected chi connectivity index (χ1v) is 9.68. The fourth-order valence-corrected chi connectivity index (χ4v) is 3.32. The maximum atomic E-state index is 5.81. The molecule has 0 spiro atoms. The highest BCUT2D eigenvalue weighted by Crippen LogP contribution is 2.22. The Morgan fingerprint density at radius 1 is 1.14 bits per heavy atom. The first kappa shape index (κ1) is 18.2. The number of hydrogen-bond acceptors (Lipinski definition) is 7. The molecule has 1 unspecified atom stereocenters. The van der Waals surface area contributed by atoms with E-state index >= 15 is 0 Å². The first-order chi connectivity index (χ1) is 13.8. The second-order valence-corrected chi connectivity index (χ2v) is 6.78. The summed E-state index contributed by atoms with van der Waals surface area (Å²) in [4.78, 5) is 19.9. The Labute approximate surface area is 164 Å². The molecule has 2 aromatic heterocycles. The molecule has 1 atom stereocenters. The third-order valence-electron chi connectivity index (χ3n) is 4.75. The molecule has 144 valence electrons. The number of nitrogens with zero attached hydrogens (tertiary/aromatic N) is 5. The van der Waals surface area contributed by atoms with Crippen LogP contribution in [-0.2, 0) is 6.42 Å². The average Bonchev–Trinajstić information content (AvgIpc) is 2.75. The predicted octanol–water partition coefficient (Wildman–Crippen LogP) is 3.70. The van der Waals surface area contributed by atoms with Crippen LogP contribution >= 0.6 is 0 Å². The van der Waals surface area contributed by atoms with Gasteiger partial charge in [-0.05, 0) is 31.4 Å². The molecule has 7 heteroatoms. The van der Waals surface area contributed by atoms with Crippen LogP contribution in [0.15, 0.2) is 55.0 Å². The van der Waals surface area contributed by atoms with E-state index < -0.39 is 0 Å². The third-order valence-corrected chi connectivity index (χ3v) is 4.75. The van der Waals surface area contributed by atoms with Crippen LogP contribution in [0.1, 0.15) is 25.5 Å². The summed E-state index contributed by atoms with van der Waals surface area (Å²) < 4.78 is 5.81. The minimum Gasteiger partial charge on any atom is -0.439 e. The Morgan fingerprint density at radius 3 is 2.89 bits per heavy atom. The van der Waals surface area contributed by atoms with Gasteiger partial charge in [0.25, 0.3) is 0 Å². The van der Waals surface area contributed by atoms with Crippen molar-refractivity contribution in [2.24, 2.45) is 0 Å². The third kappa shape index (κ3) is 4.54. The molecule has 1 saturated heterocycles. The molecule has 1 aliphatic rings. The van der Waals surface area contributed by atoms with Crippen molar-refractivity contribution in [1.29, 1.82) is 0 Å². The average molecular weight is 376 g/mol. The lowest BCUT2D eigenvalue weighted by Gasteiger charge is -2.34. The zero-order chi connectivity index (χ0) is 19.2. The molecule has 28 heavy (non-hydrogen) atoms. The van der Waals surface area contributed by atoms with Crippen LogP contribution in [0.3, 0.4) is 0 Å². The Kier molecular flexibility index (Phi) is 5.61. The lowest BCUT2D eigenvalue weighted by Crippen LogP contribution is -2.42. The number of benzene rings is 1. The number of para-hydroxylation sites is 1. The van der Waals surface area contributed by atoms with Crippen LogP contribution in [0.4, 0.5) is 11.8 Å². The summed E-state index contributed by atoms with van der Waals surface area (Å²) in [5, 5.41) is 3.45. The molecule has 0 bridgehead atoms. The standard InChI is InChI=1S/C21H24N6O/c1-2-16-13-19(24-15-23-16)27-12-6-7-17(14-27)25-21-22-11-10-20(26-21)28-18-8-4-3-5-9-18/h3-5,8-11,13,15,17H,2,6-7,12,14H2,1H3,(H,22,25,26). The van der Waals surface area contributed by atoms with E-state index in [0.29, 0.717) is 11.8 Å². The molecule has 0 radical (unpaired) electrons. The van der Waals surface area contributed by atoms with Crippen molar-refractivity contribution < 1.29 is 4.74 Å². The molecule has 1 fully saturated rings. The molecule has 1 N–H and O–H groups in total. The topological polar surface area (TPSA) is 76.1 Å². The number of ether oxygens (including phenoxy) is 1. The molecular weight excluding hydrogens is 352 g/mol. The van der Waals surface area contributed by atoms with Crippen molar-refractivity contribution in [2.75, 3.05) is 23.3 Å². The molecule has 3 heterocycles. The summed E-state index contributed by atoms with van der Waals surface area (Å²) in [6.45, 7) is 3.96. The number of hydrogen-bond donors (Lipinski definition) is 1. The fraction of sp³-hybridized carbons (Fsp3) is 0.333. The summed E-state index contributed by atoms with van der Waals surface area (Å²) in [6, 6.07) is 13.7. The largest absolute Gasteiger partial charge is 0.439 e. The van der Waals surface area contributed by atoms with E-state index in [4.69, 9.17) is 4.74 Å². The van der Waals surface area contributed by atoms with Gasteiger partial charge in [-0.25, -0.2) is 15.0 Å². The van der Waals surface area contributed by atoms with Crippen molar-refractivity contribution in [3.63, 3.8) is 0 Å². The smallest absolute Gasteiger partial charge is 0.226 e. The van der Waals surface area contributed by atoms with Crippen molar-refractivity contribution in [3.05, 3.63) is 60.7 Å². The second kappa shape index (κ2) is 8.65. The van der Waals surface area contributed by atoms with Crippen molar-refractivity contribution >= 4 is 11.8 Å². The summed E-state index contributed by atoms with van der Waals surface area (Å²) >= 11 is 0. The van der Waals surface area contributed by atoms with Gasteiger partial charge in [0, 0.05) is 43.2 Å². The maximum absolute atomic E-state index is 5.81. The van der Waals surface area contributed by atoms with Crippen LogP contribution in [0.5, 0.6) is 11.6 Å². The molecule has 0 saturated carbocycles. The molecule has 4 rings (SSSR count). The van der Waals surface area contributed by atoms with Gasteiger partial charge in [-0.2, -0.15) is 4.98 Å². The number of aryl methyl sites for hydroxylation is 1. The molecule has 3 aromatic rings. The Morgan fingerprint density at radius 2 is 2.04 bits per heavy atom. The zero-order valence-electron chi connectivity index (χ0n) is 16.0. The minimum absolute atomic E-state index is 0.251. The van der Waals surface area contributed by atoms with Gasteiger partial charge in [-0.3, -0.25) is 0 Å². The molecule has 0 amide bonds. The van der Waals surface area contributed by atoms with E-state index in [1.807, 2.05) is 30.3 Å². The second-order valence-electron chi connectivity index (χ2n) is 6.78. The highest BCUT2D eigenvalue weighted by atomic mass is 16.5. The highest BCUT2D eigenvalue weighted by molar-refractivity contribution is 5.41. The van der Waals surface area contributed by atoms with Crippen LogP contribution in [-0.4, -0.2) is 39.1 Å². The van der Waals surface area contributed by atoms with Crippen LogP contribution in [0, 0.1) is 0 Å². The van der Waals surface area contributed by atoms with Crippen molar-refractivity contribution in [2.45, 2.75) is 32.2 Å². The van der Waals surface area contributed by atoms with E-state index in [1.165, 1.54) is 0 Å². The lowest BCUT2D eigenvalue weighted by atomic mass is 10.1. The zero-order valence-corrected chi connectivity index (χ0v) is 16.0. The van der Waals surface area contributed by atoms with Crippen molar-refractivity contribution in [1.82, 2.24) is 19.9 Å². The molecule has 1 aliphatic heterocycles. The Bertz CT molecular complexity index is 904. The molecule has 0 aliphatic carbocycles. The number of anilines is 2. The van der Waals surface area contributed by atoms with E-state index in [9.17, 15) is 0 Å². The van der Waals surface area contributed by atoms with Gasteiger partial charge in [-0.1, -0.05) is 25.1 Å². The number of aromatic nitrogens is 4. The Hall–Kier alpha value is -3.22. The molecule has 1 aromatic carbocycles. The number of piperidine rings is 1. The fourth-order valence-electron chi connectivity index (χ4n) is 3.32. The van der Waals surface area contributed by atoms with E-state index in [1.54, 1.807) is 18.6 Å². The quantitative estimate of drug-likeness (QED) is 0.703. The summed E-state index contributed by atoms with van der Waals surface area (Å²) in [5.74, 6) is 2.85. The summed E-state index contributed by atoms with van der Waals surface area (Å²) in [6.07, 6.45) is 6.43. The monoisotopic (exact) mass is 376 g/mol. The Balaban J connectivity index is 1.41. The van der Waals surface area contributed by atoms with Gasteiger partial charge in [-0.15, -0.1) is 0 Å². The van der Waals surface area contributed by atoms with Crippen LogP contribution in [0.25, 0.3) is 0 Å². The van der Waals surface area contributed by atoms with E-state index in [-0.39, 0.29) is 6.04 Å². The predicted molar refractivity (Wildman–Crippen MR) is 109 cm³/mol. The van der Waals surface area contributed by atoms with Crippen LogP contribution < -0.4 is 15.0 Å². The van der Waals surface area contributed by atoms with E-state index in [2.05, 4.69) is 43.1 Å². The van der Waals surface area contributed by atoms with Gasteiger partial charge in [0.05, 0.1) is 0 Å². The maximum Gasteiger partial charge on any atom is 0.226 e. The van der Waals surface area contributed by atoms with Gasteiger partial charge >= 0.3 is 0 Å². The summed E-state index contributed by atoms with van der Waals surface area (Å²) in [5.41, 5.74) is 1.06. The minimum atomic E-state index is 0.251. The summed E-state index contributed by atoms with van der Waals surface area (Å²) in [7, 11) is 0. The molecule has 7 nitrogen and oxygen atoms in total.